The Morgan fingerprint density at radius 3 is 2.70 bits per heavy atom. The second kappa shape index (κ2) is 7.95. The van der Waals surface area contributed by atoms with Gasteiger partial charge >= 0.3 is 6.09 Å². The highest BCUT2D eigenvalue weighted by molar-refractivity contribution is 7.87. The molecule has 0 bridgehead atoms. The van der Waals surface area contributed by atoms with Crippen LogP contribution in [0, 0.1) is 11.3 Å². The summed E-state index contributed by atoms with van der Waals surface area (Å²) in [6, 6.07) is 1.69. The number of nitrogens with one attached hydrogen (secondary N) is 1. The molecule has 8 nitrogen and oxygen atoms in total. The lowest BCUT2D eigenvalue weighted by atomic mass is 10.2. The predicted octanol–water partition coefficient (Wildman–Crippen LogP) is 1.07. The summed E-state index contributed by atoms with van der Waals surface area (Å²) in [4.78, 5) is 13.7. The lowest BCUT2D eigenvalue weighted by Crippen LogP contribution is -2.47. The van der Waals surface area contributed by atoms with Gasteiger partial charge in [0.05, 0.1) is 6.07 Å². The van der Waals surface area contributed by atoms with Crippen LogP contribution in [0.4, 0.5) is 4.79 Å². The summed E-state index contributed by atoms with van der Waals surface area (Å²) in [5, 5.41) is 8.52. The minimum absolute atomic E-state index is 0.130. The topological polar surface area (TPSA) is 103 Å². The largest absolute Gasteiger partial charge is 0.444 e. The van der Waals surface area contributed by atoms with Gasteiger partial charge in [-0.25, -0.2) is 9.52 Å². The van der Waals surface area contributed by atoms with Crippen LogP contribution in [-0.2, 0) is 14.9 Å². The third-order valence-electron chi connectivity index (χ3n) is 3.46. The van der Waals surface area contributed by atoms with Crippen LogP contribution >= 0.6 is 0 Å². The van der Waals surface area contributed by atoms with Crippen molar-refractivity contribution in [1.82, 2.24) is 13.9 Å². The van der Waals surface area contributed by atoms with Gasteiger partial charge in [-0.15, -0.1) is 0 Å². The van der Waals surface area contributed by atoms with Crippen LogP contribution in [0.2, 0.25) is 0 Å². The Labute approximate surface area is 138 Å². The molecule has 0 unspecified atom stereocenters. The van der Waals surface area contributed by atoms with Gasteiger partial charge in [-0.1, -0.05) is 0 Å². The van der Waals surface area contributed by atoms with E-state index in [2.05, 4.69) is 4.72 Å². The van der Waals surface area contributed by atoms with Gasteiger partial charge in [-0.2, -0.15) is 18.0 Å². The number of hydrogen-bond acceptors (Lipinski definition) is 5. The summed E-state index contributed by atoms with van der Waals surface area (Å²) in [6.45, 7) is 6.21. The first-order valence-corrected chi connectivity index (χ1v) is 9.08. The van der Waals surface area contributed by atoms with E-state index in [1.165, 1.54) is 7.05 Å². The summed E-state index contributed by atoms with van der Waals surface area (Å²) in [5.41, 5.74) is -0.582. The molecule has 1 amide bonds. The number of likely N-dealkylation sites (tertiary alicyclic amines) is 1. The fourth-order valence-corrected chi connectivity index (χ4v) is 3.20. The third kappa shape index (κ3) is 6.33. The predicted molar refractivity (Wildman–Crippen MR) is 85.7 cm³/mol. The van der Waals surface area contributed by atoms with Gasteiger partial charge in [0.25, 0.3) is 10.2 Å². The highest BCUT2D eigenvalue weighted by Crippen LogP contribution is 2.20. The molecule has 0 spiro atoms. The zero-order chi connectivity index (χ0) is 17.7. The molecule has 1 aliphatic rings. The first-order valence-electron chi connectivity index (χ1n) is 7.64. The lowest BCUT2D eigenvalue weighted by molar-refractivity contribution is 0.0229. The first-order chi connectivity index (χ1) is 10.6. The average molecular weight is 346 g/mol. The second-order valence-electron chi connectivity index (χ2n) is 6.55. The van der Waals surface area contributed by atoms with Crippen molar-refractivity contribution < 1.29 is 17.9 Å². The average Bonchev–Trinajstić information content (AvgIpc) is 2.89. The van der Waals surface area contributed by atoms with E-state index >= 15 is 0 Å². The molecule has 9 heteroatoms. The molecule has 0 saturated carbocycles. The van der Waals surface area contributed by atoms with Gasteiger partial charge in [-0.05, 0) is 33.6 Å². The van der Waals surface area contributed by atoms with Crippen molar-refractivity contribution in [3.05, 3.63) is 0 Å². The lowest BCUT2D eigenvalue weighted by Gasteiger charge is -2.29. The Hall–Kier alpha value is -1.37. The van der Waals surface area contributed by atoms with Crippen molar-refractivity contribution in [3.63, 3.8) is 0 Å². The van der Waals surface area contributed by atoms with E-state index in [0.717, 1.165) is 17.1 Å². The maximum absolute atomic E-state index is 12.2. The van der Waals surface area contributed by atoms with Crippen LogP contribution in [0.15, 0.2) is 0 Å². The molecule has 1 heterocycles. The number of carbonyl (C=O) groups excluding carboxylic acids is 1. The summed E-state index contributed by atoms with van der Waals surface area (Å²) in [6.07, 6.45) is 1.25. The summed E-state index contributed by atoms with van der Waals surface area (Å²) < 4.78 is 33.1. The van der Waals surface area contributed by atoms with Crippen LogP contribution in [0.1, 0.15) is 40.0 Å². The molecule has 1 atom stereocenters. The van der Waals surface area contributed by atoms with E-state index in [-0.39, 0.29) is 25.6 Å². The Kier molecular flexibility index (Phi) is 6.80. The minimum Gasteiger partial charge on any atom is -0.444 e. The molecule has 0 aromatic rings. The highest BCUT2D eigenvalue weighted by Gasteiger charge is 2.33. The minimum atomic E-state index is -3.65. The molecule has 1 saturated heterocycles. The van der Waals surface area contributed by atoms with Gasteiger partial charge < -0.3 is 9.64 Å². The third-order valence-corrected chi connectivity index (χ3v) is 4.99. The van der Waals surface area contributed by atoms with E-state index in [1.54, 1.807) is 25.7 Å². The van der Waals surface area contributed by atoms with Crippen LogP contribution in [0.25, 0.3) is 0 Å². The van der Waals surface area contributed by atoms with Crippen molar-refractivity contribution in [3.8, 4) is 6.07 Å². The maximum Gasteiger partial charge on any atom is 0.410 e. The summed E-state index contributed by atoms with van der Waals surface area (Å²) in [7, 11) is -2.23. The SMILES string of the molecule is CN(CCC#N)S(=O)(=O)NC[C@@H]1CCCN1C(=O)OC(C)(C)C. The molecule has 132 valence electrons. The van der Waals surface area contributed by atoms with Crippen molar-refractivity contribution in [1.29, 1.82) is 5.26 Å². The Morgan fingerprint density at radius 2 is 2.13 bits per heavy atom. The Balaban J connectivity index is 2.59. The molecular formula is C14H26N4O4S. The van der Waals surface area contributed by atoms with E-state index in [4.69, 9.17) is 10.00 Å². The number of rotatable bonds is 6. The summed E-state index contributed by atoms with van der Waals surface area (Å²) >= 11 is 0. The van der Waals surface area contributed by atoms with E-state index in [9.17, 15) is 13.2 Å². The molecular weight excluding hydrogens is 320 g/mol. The van der Waals surface area contributed by atoms with E-state index < -0.39 is 21.9 Å². The highest BCUT2D eigenvalue weighted by atomic mass is 32.2. The number of carbonyl (C=O) groups is 1. The van der Waals surface area contributed by atoms with Crippen LogP contribution in [-0.4, -0.2) is 62.0 Å². The van der Waals surface area contributed by atoms with Crippen molar-refractivity contribution in [2.45, 2.75) is 51.7 Å². The molecule has 0 aromatic heterocycles. The fourth-order valence-electron chi connectivity index (χ4n) is 2.25. The zero-order valence-corrected chi connectivity index (χ0v) is 15.0. The number of ether oxygens (including phenoxy) is 1. The molecule has 0 radical (unpaired) electrons. The molecule has 23 heavy (non-hydrogen) atoms. The van der Waals surface area contributed by atoms with Crippen LogP contribution in [0.3, 0.4) is 0 Å². The van der Waals surface area contributed by atoms with Gasteiger partial charge in [0.15, 0.2) is 0 Å². The van der Waals surface area contributed by atoms with Crippen molar-refractivity contribution >= 4 is 16.3 Å². The number of amides is 1. The van der Waals surface area contributed by atoms with Crippen LogP contribution < -0.4 is 4.72 Å². The van der Waals surface area contributed by atoms with Gasteiger partial charge in [-0.3, -0.25) is 0 Å². The molecule has 0 aromatic carbocycles. The molecule has 1 N–H and O–H groups in total. The number of nitriles is 1. The quantitative estimate of drug-likeness (QED) is 0.775. The van der Waals surface area contributed by atoms with Crippen LogP contribution in [0.5, 0.6) is 0 Å². The van der Waals surface area contributed by atoms with E-state index in [1.807, 2.05) is 6.07 Å². The zero-order valence-electron chi connectivity index (χ0n) is 14.2. The van der Waals surface area contributed by atoms with Gasteiger partial charge in [0, 0.05) is 39.1 Å². The summed E-state index contributed by atoms with van der Waals surface area (Å²) in [5.74, 6) is 0. The number of nitrogens with zero attached hydrogens (tertiary/aromatic N) is 3. The monoisotopic (exact) mass is 346 g/mol. The Morgan fingerprint density at radius 1 is 1.48 bits per heavy atom. The fraction of sp³-hybridized carbons (Fsp3) is 0.857. The van der Waals surface area contributed by atoms with Gasteiger partial charge in [0.2, 0.25) is 0 Å². The smallest absolute Gasteiger partial charge is 0.410 e. The number of hydrogen-bond donors (Lipinski definition) is 1. The molecule has 1 rings (SSSR count). The maximum atomic E-state index is 12.2. The molecule has 1 aliphatic heterocycles. The normalized spacial score (nSPS) is 19.0. The molecule has 1 fully saturated rings. The first kappa shape index (κ1) is 19.7. The van der Waals surface area contributed by atoms with E-state index in [0.29, 0.717) is 6.54 Å². The second-order valence-corrected chi connectivity index (χ2v) is 8.42. The Bertz CT molecular complexity index is 550. The standard InChI is InChI=1S/C14H26N4O4S/c1-14(2,3)22-13(19)18-10-5-7-12(18)11-16-23(20,21)17(4)9-6-8-15/h12,16H,5-7,9-11H2,1-4H3/t12-/m0/s1. The molecule has 0 aliphatic carbocycles. The van der Waals surface area contributed by atoms with Gasteiger partial charge in [0.1, 0.15) is 5.60 Å². The van der Waals surface area contributed by atoms with Crippen molar-refractivity contribution in [2.24, 2.45) is 0 Å². The van der Waals surface area contributed by atoms with Crippen molar-refractivity contribution in [2.75, 3.05) is 26.7 Å².